The second-order valence-corrected chi connectivity index (χ2v) is 2.80. The first kappa shape index (κ1) is 9.80. The molecule has 1 aromatic carbocycles. The van der Waals surface area contributed by atoms with Crippen LogP contribution in [0.3, 0.4) is 0 Å². The predicted molar refractivity (Wildman–Crippen MR) is 49.2 cm³/mol. The topological polar surface area (TPSA) is 57.5 Å². The molecule has 0 amide bonds. The van der Waals surface area contributed by atoms with E-state index in [0.29, 0.717) is 5.46 Å². The van der Waals surface area contributed by atoms with E-state index >= 15 is 0 Å². The third-order valence-electron chi connectivity index (χ3n) is 1.69. The second kappa shape index (κ2) is 4.09. The summed E-state index contributed by atoms with van der Waals surface area (Å²) in [5, 5.41) is 17.4. The lowest BCUT2D eigenvalue weighted by Crippen LogP contribution is -2.22. The van der Waals surface area contributed by atoms with E-state index in [4.69, 9.17) is 18.1 Å². The number of carboxylic acid groups (broad SMARTS) is 1. The van der Waals surface area contributed by atoms with Gasteiger partial charge in [0.1, 0.15) is 7.85 Å². The van der Waals surface area contributed by atoms with Gasteiger partial charge in [0.25, 0.3) is 0 Å². The van der Waals surface area contributed by atoms with Crippen molar-refractivity contribution in [2.45, 2.75) is 12.5 Å². The minimum atomic E-state index is -1.34. The van der Waals surface area contributed by atoms with Gasteiger partial charge in [0, 0.05) is 6.42 Å². The summed E-state index contributed by atoms with van der Waals surface area (Å²) >= 11 is 0. The first-order valence-electron chi connectivity index (χ1n) is 3.85. The zero-order chi connectivity index (χ0) is 9.84. The van der Waals surface area contributed by atoms with Gasteiger partial charge in [-0.05, 0) is 5.56 Å². The Morgan fingerprint density at radius 3 is 2.38 bits per heavy atom. The highest BCUT2D eigenvalue weighted by Gasteiger charge is 2.12. The fourth-order valence-electron chi connectivity index (χ4n) is 0.964. The van der Waals surface area contributed by atoms with E-state index in [1.807, 2.05) is 0 Å². The molecule has 4 heteroatoms. The van der Waals surface area contributed by atoms with Gasteiger partial charge in [0.05, 0.1) is 0 Å². The highest BCUT2D eigenvalue weighted by atomic mass is 16.4. The van der Waals surface area contributed by atoms with Crippen LogP contribution in [0.2, 0.25) is 0 Å². The lowest BCUT2D eigenvalue weighted by molar-refractivity contribution is -0.146. The van der Waals surface area contributed by atoms with Gasteiger partial charge in [0.2, 0.25) is 0 Å². The minimum Gasteiger partial charge on any atom is -0.479 e. The Bertz CT molecular complexity index is 294. The van der Waals surface area contributed by atoms with Crippen LogP contribution in [-0.4, -0.2) is 30.1 Å². The van der Waals surface area contributed by atoms with E-state index in [9.17, 15) is 4.79 Å². The molecule has 1 aromatic rings. The molecule has 0 saturated heterocycles. The van der Waals surface area contributed by atoms with Gasteiger partial charge in [-0.3, -0.25) is 0 Å². The van der Waals surface area contributed by atoms with Gasteiger partial charge in [-0.15, -0.1) is 0 Å². The van der Waals surface area contributed by atoms with Gasteiger partial charge in [-0.2, -0.15) is 0 Å². The quantitative estimate of drug-likeness (QED) is 0.608. The van der Waals surface area contributed by atoms with Gasteiger partial charge in [0.15, 0.2) is 6.10 Å². The van der Waals surface area contributed by atoms with Crippen molar-refractivity contribution in [2.24, 2.45) is 0 Å². The Labute approximate surface area is 77.4 Å². The van der Waals surface area contributed by atoms with Crippen molar-refractivity contribution in [1.29, 1.82) is 0 Å². The molecule has 2 radical (unpaired) electrons. The van der Waals surface area contributed by atoms with Crippen LogP contribution < -0.4 is 5.46 Å². The maximum Gasteiger partial charge on any atom is 0.332 e. The Morgan fingerprint density at radius 2 is 1.92 bits per heavy atom. The number of carboxylic acids is 1. The zero-order valence-electron chi connectivity index (χ0n) is 6.97. The van der Waals surface area contributed by atoms with Crippen LogP contribution in [0.25, 0.3) is 0 Å². The molecule has 0 heterocycles. The summed E-state index contributed by atoms with van der Waals surface area (Å²) in [6.45, 7) is 0. The van der Waals surface area contributed by atoms with Gasteiger partial charge < -0.3 is 10.2 Å². The number of aliphatic carboxylic acids is 1. The van der Waals surface area contributed by atoms with Crippen molar-refractivity contribution in [3.63, 3.8) is 0 Å². The summed E-state index contributed by atoms with van der Waals surface area (Å²) in [4.78, 5) is 10.3. The Balaban J connectivity index is 2.64. The van der Waals surface area contributed by atoms with Gasteiger partial charge >= 0.3 is 5.97 Å². The lowest BCUT2D eigenvalue weighted by atomic mass is 9.94. The minimum absolute atomic E-state index is 0.107. The molecule has 1 atom stereocenters. The molecule has 0 aromatic heterocycles. The summed E-state index contributed by atoms with van der Waals surface area (Å²) in [5.41, 5.74) is 1.37. The van der Waals surface area contributed by atoms with E-state index < -0.39 is 12.1 Å². The molecule has 2 N–H and O–H groups in total. The largest absolute Gasteiger partial charge is 0.479 e. The molecular weight excluding hydrogens is 167 g/mol. The van der Waals surface area contributed by atoms with Gasteiger partial charge in [-0.1, -0.05) is 29.7 Å². The third-order valence-corrected chi connectivity index (χ3v) is 1.69. The number of rotatable bonds is 3. The van der Waals surface area contributed by atoms with Crippen molar-refractivity contribution in [3.05, 3.63) is 29.8 Å². The van der Waals surface area contributed by atoms with Crippen molar-refractivity contribution < 1.29 is 15.0 Å². The SMILES string of the molecule is [B]c1ccc(CC(O)C(=O)O)cc1. The third kappa shape index (κ3) is 2.91. The van der Waals surface area contributed by atoms with Crippen LogP contribution in [0.4, 0.5) is 0 Å². The van der Waals surface area contributed by atoms with Crippen LogP contribution in [-0.2, 0) is 11.2 Å². The number of hydrogen-bond acceptors (Lipinski definition) is 2. The highest BCUT2D eigenvalue weighted by Crippen LogP contribution is 2.01. The van der Waals surface area contributed by atoms with E-state index in [1.54, 1.807) is 24.3 Å². The molecule has 66 valence electrons. The van der Waals surface area contributed by atoms with Crippen LogP contribution in [0, 0.1) is 0 Å². The molecule has 13 heavy (non-hydrogen) atoms. The zero-order valence-corrected chi connectivity index (χ0v) is 6.97. The molecule has 1 rings (SSSR count). The van der Waals surface area contributed by atoms with Crippen molar-refractivity contribution in [1.82, 2.24) is 0 Å². The predicted octanol–water partition coefficient (Wildman–Crippen LogP) is -0.532. The average Bonchev–Trinajstić information content (AvgIpc) is 2.08. The van der Waals surface area contributed by atoms with Gasteiger partial charge in [-0.25, -0.2) is 4.79 Å². The summed E-state index contributed by atoms with van der Waals surface area (Å²) in [5.74, 6) is -1.21. The highest BCUT2D eigenvalue weighted by molar-refractivity contribution is 6.32. The maximum atomic E-state index is 10.3. The number of hydrogen-bond donors (Lipinski definition) is 2. The number of aliphatic hydroxyl groups is 1. The standard InChI is InChI=1S/C9H9BO3/c10-7-3-1-6(2-4-7)5-8(11)9(12)13/h1-4,8,11H,5H2,(H,12,13). The van der Waals surface area contributed by atoms with Crippen molar-refractivity contribution >= 4 is 19.3 Å². The number of aliphatic hydroxyl groups excluding tert-OH is 1. The number of carbonyl (C=O) groups is 1. The average molecular weight is 176 g/mol. The molecule has 0 bridgehead atoms. The molecular formula is C9H9BO3. The van der Waals surface area contributed by atoms with E-state index in [2.05, 4.69) is 0 Å². The fourth-order valence-corrected chi connectivity index (χ4v) is 0.964. The number of benzene rings is 1. The molecule has 0 aliphatic rings. The van der Waals surface area contributed by atoms with E-state index in [0.717, 1.165) is 5.56 Å². The van der Waals surface area contributed by atoms with Crippen molar-refractivity contribution in [2.75, 3.05) is 0 Å². The molecule has 1 unspecified atom stereocenters. The Hall–Kier alpha value is -1.29. The Morgan fingerprint density at radius 1 is 1.38 bits per heavy atom. The van der Waals surface area contributed by atoms with Crippen LogP contribution in [0.1, 0.15) is 5.56 Å². The summed E-state index contributed by atoms with van der Waals surface area (Å²) in [6.07, 6.45) is -1.24. The second-order valence-electron chi connectivity index (χ2n) is 2.80. The Kier molecular flexibility index (Phi) is 3.09. The lowest BCUT2D eigenvalue weighted by Gasteiger charge is -2.05. The smallest absolute Gasteiger partial charge is 0.332 e. The fraction of sp³-hybridized carbons (Fsp3) is 0.222. The van der Waals surface area contributed by atoms with E-state index in [1.165, 1.54) is 0 Å². The molecule has 0 aliphatic heterocycles. The summed E-state index contributed by atoms with van der Waals surface area (Å²) in [6, 6.07) is 6.73. The monoisotopic (exact) mass is 176 g/mol. The molecule has 0 aliphatic carbocycles. The molecule has 0 fully saturated rings. The molecule has 0 saturated carbocycles. The first-order chi connectivity index (χ1) is 6.09. The van der Waals surface area contributed by atoms with Crippen LogP contribution in [0.5, 0.6) is 0 Å². The maximum absolute atomic E-state index is 10.3. The van der Waals surface area contributed by atoms with Crippen LogP contribution >= 0.6 is 0 Å². The summed E-state index contributed by atoms with van der Waals surface area (Å²) < 4.78 is 0. The van der Waals surface area contributed by atoms with Crippen LogP contribution in [0.15, 0.2) is 24.3 Å². The molecule has 0 spiro atoms. The van der Waals surface area contributed by atoms with E-state index in [-0.39, 0.29) is 6.42 Å². The van der Waals surface area contributed by atoms with Crippen molar-refractivity contribution in [3.8, 4) is 0 Å². The summed E-state index contributed by atoms with van der Waals surface area (Å²) in [7, 11) is 5.44. The molecule has 3 nitrogen and oxygen atoms in total. The normalized spacial score (nSPS) is 12.4. The first-order valence-corrected chi connectivity index (χ1v) is 3.85.